The number of halogens is 1. The molecular weight excluding hydrogens is 364 g/mol. The molecule has 1 aliphatic heterocycles. The highest BCUT2D eigenvalue weighted by molar-refractivity contribution is 7.99. The van der Waals surface area contributed by atoms with Crippen molar-refractivity contribution in [2.45, 2.75) is 18.6 Å². The summed E-state index contributed by atoms with van der Waals surface area (Å²) in [7, 11) is 0. The Morgan fingerprint density at radius 1 is 1.40 bits per heavy atom. The van der Waals surface area contributed by atoms with E-state index in [1.807, 2.05) is 0 Å². The van der Waals surface area contributed by atoms with E-state index < -0.39 is 0 Å². The third kappa shape index (κ3) is 4.34. The molecule has 0 bridgehead atoms. The van der Waals surface area contributed by atoms with E-state index in [2.05, 4.69) is 27.2 Å². The summed E-state index contributed by atoms with van der Waals surface area (Å²) in [6.07, 6.45) is 1.80. The fourth-order valence-corrected chi connectivity index (χ4v) is 3.30. The molecule has 1 fully saturated rings. The molecule has 136 valence electrons. The number of nitrogens with zero attached hydrogens (tertiary/aromatic N) is 5. The number of alkyl halides is 1. The summed E-state index contributed by atoms with van der Waals surface area (Å²) in [6, 6.07) is 0. The van der Waals surface area contributed by atoms with Crippen LogP contribution in [0.5, 0.6) is 0 Å². The Kier molecular flexibility index (Phi) is 6.33. The molecule has 0 spiro atoms. The number of ether oxygens (including phenoxy) is 1. The first-order valence-corrected chi connectivity index (χ1v) is 9.76. The van der Waals surface area contributed by atoms with Crippen molar-refractivity contribution < 1.29 is 9.53 Å². The number of hydrogen-bond donors (Lipinski definition) is 1. The van der Waals surface area contributed by atoms with Gasteiger partial charge in [-0.25, -0.2) is 14.6 Å². The number of thioether (sulfide) groups is 1. The van der Waals surface area contributed by atoms with Crippen LogP contribution < -0.4 is 10.2 Å². The van der Waals surface area contributed by atoms with Crippen molar-refractivity contribution in [1.82, 2.24) is 25.1 Å². The maximum absolute atomic E-state index is 11.3. The summed E-state index contributed by atoms with van der Waals surface area (Å²) < 4.78 is 7.24. The van der Waals surface area contributed by atoms with Gasteiger partial charge in [-0.15, -0.1) is 11.6 Å². The predicted molar refractivity (Wildman–Crippen MR) is 98.5 cm³/mol. The molecule has 8 nitrogen and oxygen atoms in total. The molecule has 25 heavy (non-hydrogen) atoms. The van der Waals surface area contributed by atoms with Crippen LogP contribution in [0.15, 0.2) is 11.4 Å². The molecule has 0 aromatic carbocycles. The van der Waals surface area contributed by atoms with Crippen LogP contribution in [-0.2, 0) is 16.1 Å². The van der Waals surface area contributed by atoms with E-state index in [-0.39, 0.29) is 11.8 Å². The number of fused-ring (bicyclic) bond motifs is 1. The van der Waals surface area contributed by atoms with E-state index in [0.29, 0.717) is 26.3 Å². The molecule has 0 aliphatic carbocycles. The molecule has 3 rings (SSSR count). The smallest absolute Gasteiger partial charge is 0.234 e. The number of carbonyl (C=O) groups excluding carboxylic acids is 1. The molecule has 0 saturated carbocycles. The first kappa shape index (κ1) is 18.2. The minimum Gasteiger partial charge on any atom is -0.378 e. The van der Waals surface area contributed by atoms with Gasteiger partial charge in [0.2, 0.25) is 5.91 Å². The molecule has 10 heteroatoms. The van der Waals surface area contributed by atoms with Gasteiger partial charge in [-0.05, 0) is 5.75 Å². The monoisotopic (exact) mass is 384 g/mol. The second kappa shape index (κ2) is 8.68. The highest BCUT2D eigenvalue weighted by Crippen LogP contribution is 2.27. The number of amides is 1. The molecule has 3 heterocycles. The number of nitrogens with one attached hydrogen (secondary N) is 1. The lowest BCUT2D eigenvalue weighted by atomic mass is 10.3. The average Bonchev–Trinajstić information content (AvgIpc) is 3.05. The molecule has 1 saturated heterocycles. The van der Waals surface area contributed by atoms with Gasteiger partial charge in [0.05, 0.1) is 31.3 Å². The van der Waals surface area contributed by atoms with Gasteiger partial charge < -0.3 is 15.0 Å². The maximum atomic E-state index is 11.3. The van der Waals surface area contributed by atoms with Crippen LogP contribution in [0.3, 0.4) is 0 Å². The van der Waals surface area contributed by atoms with Crippen LogP contribution >= 0.6 is 23.4 Å². The summed E-state index contributed by atoms with van der Waals surface area (Å²) in [5.41, 5.74) is 0.785. The van der Waals surface area contributed by atoms with Gasteiger partial charge in [0.25, 0.3) is 0 Å². The van der Waals surface area contributed by atoms with E-state index in [1.165, 1.54) is 0 Å². The number of rotatable bonds is 7. The summed E-state index contributed by atoms with van der Waals surface area (Å²) in [6.45, 7) is 6.06. The van der Waals surface area contributed by atoms with Crippen molar-refractivity contribution in [2.24, 2.45) is 0 Å². The Labute approximate surface area is 155 Å². The highest BCUT2D eigenvalue weighted by atomic mass is 35.5. The lowest BCUT2D eigenvalue weighted by molar-refractivity contribution is -0.118. The fraction of sp³-hybridized carbons (Fsp3) is 0.600. The van der Waals surface area contributed by atoms with Crippen LogP contribution in [-0.4, -0.2) is 70.1 Å². The minimum absolute atomic E-state index is 0.0412. The highest BCUT2D eigenvalue weighted by Gasteiger charge is 2.20. The van der Waals surface area contributed by atoms with Gasteiger partial charge in [-0.2, -0.15) is 5.10 Å². The van der Waals surface area contributed by atoms with Crippen molar-refractivity contribution in [3.63, 3.8) is 0 Å². The molecule has 0 atom stereocenters. The molecular formula is C15H21ClN6O2S. The van der Waals surface area contributed by atoms with Gasteiger partial charge in [0, 0.05) is 19.6 Å². The second-order valence-electron chi connectivity index (χ2n) is 5.45. The second-order valence-corrected chi connectivity index (χ2v) is 6.95. The van der Waals surface area contributed by atoms with Gasteiger partial charge in [0.15, 0.2) is 10.8 Å². The van der Waals surface area contributed by atoms with Crippen LogP contribution in [0.2, 0.25) is 0 Å². The zero-order valence-electron chi connectivity index (χ0n) is 14.1. The summed E-state index contributed by atoms with van der Waals surface area (Å²) in [5, 5.41) is 8.84. The van der Waals surface area contributed by atoms with E-state index >= 15 is 0 Å². The lowest BCUT2D eigenvalue weighted by Crippen LogP contribution is -2.37. The zero-order chi connectivity index (χ0) is 17.6. The molecule has 1 amide bonds. The quantitative estimate of drug-likeness (QED) is 0.435. The first-order valence-electron chi connectivity index (χ1n) is 8.24. The third-order valence-corrected chi connectivity index (χ3v) is 4.78. The Bertz CT molecular complexity index is 734. The molecule has 2 aromatic rings. The van der Waals surface area contributed by atoms with Crippen molar-refractivity contribution in [3.8, 4) is 0 Å². The number of carbonyl (C=O) groups is 1. The third-order valence-electron chi connectivity index (χ3n) is 3.81. The van der Waals surface area contributed by atoms with Crippen molar-refractivity contribution in [1.29, 1.82) is 0 Å². The predicted octanol–water partition coefficient (Wildman–Crippen LogP) is 1.13. The Morgan fingerprint density at radius 3 is 2.92 bits per heavy atom. The van der Waals surface area contributed by atoms with Gasteiger partial charge in [0.1, 0.15) is 11.7 Å². The van der Waals surface area contributed by atoms with Crippen molar-refractivity contribution >= 4 is 46.1 Å². The molecule has 2 aromatic heterocycles. The summed E-state index contributed by atoms with van der Waals surface area (Å²) in [4.78, 5) is 22.9. The Morgan fingerprint density at radius 2 is 2.20 bits per heavy atom. The van der Waals surface area contributed by atoms with Crippen LogP contribution in [0, 0.1) is 0 Å². The van der Waals surface area contributed by atoms with Gasteiger partial charge >= 0.3 is 0 Å². The van der Waals surface area contributed by atoms with Crippen LogP contribution in [0.4, 0.5) is 5.82 Å². The van der Waals surface area contributed by atoms with Crippen LogP contribution in [0.25, 0.3) is 11.0 Å². The zero-order valence-corrected chi connectivity index (χ0v) is 15.6. The van der Waals surface area contributed by atoms with E-state index in [4.69, 9.17) is 21.3 Å². The molecule has 1 N–H and O–H groups in total. The standard InChI is InChI=1S/C15H21ClN6O2S/c1-2-25-15-19-13(21-5-7-24-8-6-21)11-10-18-22(14(11)20-15)4-3-17-12(23)9-16/h10H,2-9H2,1H3,(H,17,23). The van der Waals surface area contributed by atoms with Crippen molar-refractivity contribution in [3.05, 3.63) is 6.20 Å². The number of hydrogen-bond acceptors (Lipinski definition) is 7. The average molecular weight is 385 g/mol. The van der Waals surface area contributed by atoms with E-state index in [1.54, 1.807) is 22.6 Å². The van der Waals surface area contributed by atoms with Gasteiger partial charge in [-0.3, -0.25) is 4.79 Å². The van der Waals surface area contributed by atoms with E-state index in [0.717, 1.165) is 40.9 Å². The first-order chi connectivity index (χ1) is 12.2. The maximum Gasteiger partial charge on any atom is 0.234 e. The van der Waals surface area contributed by atoms with Crippen molar-refractivity contribution in [2.75, 3.05) is 49.4 Å². The fourth-order valence-electron chi connectivity index (χ4n) is 2.64. The van der Waals surface area contributed by atoms with E-state index in [9.17, 15) is 4.79 Å². The summed E-state index contributed by atoms with van der Waals surface area (Å²) in [5.74, 6) is 1.57. The largest absolute Gasteiger partial charge is 0.378 e. The van der Waals surface area contributed by atoms with Gasteiger partial charge in [-0.1, -0.05) is 18.7 Å². The number of morpholine rings is 1. The summed E-state index contributed by atoms with van der Waals surface area (Å²) >= 11 is 7.10. The molecule has 0 unspecified atom stereocenters. The molecule has 1 aliphatic rings. The lowest BCUT2D eigenvalue weighted by Gasteiger charge is -2.28. The normalized spacial score (nSPS) is 14.9. The SMILES string of the molecule is CCSc1nc(N2CCOCC2)c2cnn(CCNC(=O)CCl)c2n1. The topological polar surface area (TPSA) is 85.2 Å². The number of aromatic nitrogens is 4. The number of anilines is 1. The molecule has 0 radical (unpaired) electrons. The van der Waals surface area contributed by atoms with Crippen LogP contribution in [0.1, 0.15) is 6.92 Å². The minimum atomic E-state index is -0.191. The Hall–Kier alpha value is -1.58. The Balaban J connectivity index is 1.89.